The number of carbonyl (C=O) groups excluding carboxylic acids is 1. The molecular weight excluding hydrogens is 263 g/mol. The van der Waals surface area contributed by atoms with Crippen LogP contribution in [0.1, 0.15) is 25.7 Å². The molecule has 0 aromatic carbocycles. The molecule has 0 radical (unpaired) electrons. The monoisotopic (exact) mass is 288 g/mol. The zero-order chi connectivity index (χ0) is 11.7. The lowest BCUT2D eigenvalue weighted by molar-refractivity contribution is -0.870. The summed E-state index contributed by atoms with van der Waals surface area (Å²) in [6.45, 7) is 2.07. The molecule has 0 amide bonds. The smallest absolute Gasteiger partial charge is 0.305 e. The Morgan fingerprint density at radius 2 is 1.76 bits per heavy atom. The van der Waals surface area contributed by atoms with Crippen molar-refractivity contribution >= 4 is 18.4 Å². The zero-order valence-corrected chi connectivity index (χ0v) is 12.6. The molecule has 0 aromatic rings. The average molecular weight is 289 g/mol. The lowest BCUT2D eigenvalue weighted by Gasteiger charge is -2.23. The molecule has 0 atom stereocenters. The highest BCUT2D eigenvalue weighted by molar-refractivity contribution is 5.85. The highest BCUT2D eigenvalue weighted by Crippen LogP contribution is 2.00. The number of unbranched alkanes of at least 4 members (excludes halogenated alkanes) is 2. The van der Waals surface area contributed by atoms with Crippen molar-refractivity contribution in [2.24, 2.45) is 5.73 Å². The molecule has 0 unspecified atom stereocenters. The van der Waals surface area contributed by atoms with Crippen LogP contribution in [-0.4, -0.2) is 51.3 Å². The molecule has 0 aliphatic rings. The van der Waals surface area contributed by atoms with Crippen LogP contribution >= 0.6 is 12.4 Å². The molecule has 0 aliphatic heterocycles. The lowest BCUT2D eigenvalue weighted by Crippen LogP contribution is -3.00. The van der Waals surface area contributed by atoms with Crippen molar-refractivity contribution in [1.29, 1.82) is 0 Å². The molecule has 0 saturated carbocycles. The Balaban J connectivity index is -0.000000980. The second kappa shape index (κ2) is 12.4. The largest absolute Gasteiger partial charge is 1.00 e. The van der Waals surface area contributed by atoms with Crippen molar-refractivity contribution in [3.8, 4) is 0 Å². The molecular formula is C11H26Cl2N2O2. The van der Waals surface area contributed by atoms with E-state index in [4.69, 9.17) is 10.5 Å². The second-order valence-corrected chi connectivity index (χ2v) is 4.83. The molecule has 0 heterocycles. The first kappa shape index (κ1) is 22.2. The van der Waals surface area contributed by atoms with Gasteiger partial charge in [-0.1, -0.05) is 6.42 Å². The van der Waals surface area contributed by atoms with Crippen LogP contribution in [0.2, 0.25) is 0 Å². The molecule has 4 nitrogen and oxygen atoms in total. The summed E-state index contributed by atoms with van der Waals surface area (Å²) in [4.78, 5) is 11.2. The van der Waals surface area contributed by atoms with Gasteiger partial charge in [-0.25, -0.2) is 0 Å². The first-order valence-electron chi connectivity index (χ1n) is 5.62. The third kappa shape index (κ3) is 18.5. The van der Waals surface area contributed by atoms with Crippen LogP contribution in [0.5, 0.6) is 0 Å². The van der Waals surface area contributed by atoms with E-state index in [9.17, 15) is 4.79 Å². The van der Waals surface area contributed by atoms with Gasteiger partial charge in [0.05, 0.1) is 21.1 Å². The van der Waals surface area contributed by atoms with Gasteiger partial charge in [0.25, 0.3) is 0 Å². The van der Waals surface area contributed by atoms with Gasteiger partial charge in [0.1, 0.15) is 13.2 Å². The minimum Gasteiger partial charge on any atom is -1.00 e. The highest BCUT2D eigenvalue weighted by atomic mass is 35.5. The maximum absolute atomic E-state index is 11.2. The van der Waals surface area contributed by atoms with Gasteiger partial charge in [0.15, 0.2) is 0 Å². The highest BCUT2D eigenvalue weighted by Gasteiger charge is 2.08. The predicted molar refractivity (Wildman–Crippen MR) is 68.6 cm³/mol. The van der Waals surface area contributed by atoms with E-state index in [0.29, 0.717) is 19.6 Å². The number of nitrogens with two attached hydrogens (primary N) is 1. The molecule has 0 saturated heterocycles. The molecule has 0 aliphatic carbocycles. The number of rotatable bonds is 8. The number of esters is 1. The standard InChI is InChI=1S/C11H25N2O2.2ClH/c1-13(2,3)9-10-15-11(14)7-5-4-6-8-12;;/h4-10,12H2,1-3H3;2*1H/q+1;;/p-1. The molecule has 106 valence electrons. The van der Waals surface area contributed by atoms with Crippen molar-refractivity contribution in [3.63, 3.8) is 0 Å². The Bertz CT molecular complexity index is 185. The summed E-state index contributed by atoms with van der Waals surface area (Å²) in [5, 5.41) is 0. The molecule has 17 heavy (non-hydrogen) atoms. The van der Waals surface area contributed by atoms with E-state index < -0.39 is 0 Å². The van der Waals surface area contributed by atoms with Crippen LogP contribution in [0.15, 0.2) is 0 Å². The molecule has 0 rings (SSSR count). The van der Waals surface area contributed by atoms with Gasteiger partial charge >= 0.3 is 5.97 Å². The van der Waals surface area contributed by atoms with E-state index in [0.717, 1.165) is 30.3 Å². The SMILES string of the molecule is C[N+](C)(C)CCOC(=O)CCCCCN.Cl.[Cl-]. The summed E-state index contributed by atoms with van der Waals surface area (Å²) >= 11 is 0. The average Bonchev–Trinajstić information content (AvgIpc) is 2.10. The summed E-state index contributed by atoms with van der Waals surface area (Å²) in [5.41, 5.74) is 5.36. The first-order valence-corrected chi connectivity index (χ1v) is 5.62. The Hall–Kier alpha value is -0.0300. The van der Waals surface area contributed by atoms with E-state index >= 15 is 0 Å². The Kier molecular flexibility index (Phi) is 16.2. The summed E-state index contributed by atoms with van der Waals surface area (Å²) in [5.74, 6) is -0.0829. The number of carbonyl (C=O) groups is 1. The van der Waals surface area contributed by atoms with Gasteiger partial charge < -0.3 is 27.4 Å². The minimum atomic E-state index is -0.0829. The Labute approximate surface area is 117 Å². The summed E-state index contributed by atoms with van der Waals surface area (Å²) < 4.78 is 5.93. The van der Waals surface area contributed by atoms with Gasteiger partial charge in [-0.3, -0.25) is 4.79 Å². The van der Waals surface area contributed by atoms with Gasteiger partial charge in [-0.2, -0.15) is 0 Å². The number of halogens is 2. The van der Waals surface area contributed by atoms with Crippen molar-refractivity contribution in [1.82, 2.24) is 0 Å². The third-order valence-electron chi connectivity index (χ3n) is 2.11. The molecule has 0 spiro atoms. The second-order valence-electron chi connectivity index (χ2n) is 4.83. The number of hydrogen-bond donors (Lipinski definition) is 1. The molecule has 0 fully saturated rings. The van der Waals surface area contributed by atoms with Crippen molar-refractivity contribution in [2.75, 3.05) is 40.8 Å². The van der Waals surface area contributed by atoms with Crippen LogP contribution in [-0.2, 0) is 9.53 Å². The fraction of sp³-hybridized carbons (Fsp3) is 0.909. The van der Waals surface area contributed by atoms with Crippen LogP contribution in [0.3, 0.4) is 0 Å². The fourth-order valence-corrected chi connectivity index (χ4v) is 1.10. The molecule has 0 bridgehead atoms. The molecule has 6 heteroatoms. The van der Waals surface area contributed by atoms with Gasteiger partial charge in [-0.05, 0) is 19.4 Å². The van der Waals surface area contributed by atoms with E-state index in [-0.39, 0.29) is 30.8 Å². The molecule has 2 N–H and O–H groups in total. The maximum Gasteiger partial charge on any atom is 0.305 e. The maximum atomic E-state index is 11.2. The number of likely N-dealkylation sites (N-methyl/N-ethyl adjacent to an activating group) is 1. The van der Waals surface area contributed by atoms with Gasteiger partial charge in [0.2, 0.25) is 0 Å². The van der Waals surface area contributed by atoms with E-state index in [2.05, 4.69) is 21.1 Å². The number of quaternary nitrogens is 1. The van der Waals surface area contributed by atoms with Crippen LogP contribution in [0, 0.1) is 0 Å². The summed E-state index contributed by atoms with van der Waals surface area (Å²) in [6, 6.07) is 0. The summed E-state index contributed by atoms with van der Waals surface area (Å²) in [7, 11) is 6.24. The van der Waals surface area contributed by atoms with E-state index in [1.165, 1.54) is 0 Å². The van der Waals surface area contributed by atoms with Crippen molar-refractivity contribution < 1.29 is 26.4 Å². The fourth-order valence-electron chi connectivity index (χ4n) is 1.10. The predicted octanol–water partition coefficient (Wildman–Crippen LogP) is -1.82. The lowest BCUT2D eigenvalue weighted by atomic mass is 10.2. The first-order chi connectivity index (χ1) is 6.95. The van der Waals surface area contributed by atoms with Crippen LogP contribution in [0.4, 0.5) is 0 Å². The Morgan fingerprint density at radius 1 is 1.18 bits per heavy atom. The number of ether oxygens (including phenoxy) is 1. The van der Waals surface area contributed by atoms with Gasteiger partial charge in [0, 0.05) is 6.42 Å². The minimum absolute atomic E-state index is 0. The Morgan fingerprint density at radius 3 is 2.24 bits per heavy atom. The van der Waals surface area contributed by atoms with E-state index in [1.807, 2.05) is 0 Å². The topological polar surface area (TPSA) is 52.3 Å². The van der Waals surface area contributed by atoms with Crippen molar-refractivity contribution in [2.45, 2.75) is 25.7 Å². The third-order valence-corrected chi connectivity index (χ3v) is 2.11. The number of nitrogens with zero attached hydrogens (tertiary/aromatic N) is 1. The zero-order valence-electron chi connectivity index (χ0n) is 11.1. The van der Waals surface area contributed by atoms with E-state index in [1.54, 1.807) is 0 Å². The van der Waals surface area contributed by atoms with Crippen LogP contribution < -0.4 is 18.1 Å². The van der Waals surface area contributed by atoms with Gasteiger partial charge in [-0.15, -0.1) is 12.4 Å². The molecule has 0 aromatic heterocycles. The summed E-state index contributed by atoms with van der Waals surface area (Å²) in [6.07, 6.45) is 3.42. The number of hydrogen-bond acceptors (Lipinski definition) is 3. The quantitative estimate of drug-likeness (QED) is 0.325. The normalized spacial score (nSPS) is 10.1. The van der Waals surface area contributed by atoms with Crippen molar-refractivity contribution in [3.05, 3.63) is 0 Å². The van der Waals surface area contributed by atoms with Crippen LogP contribution in [0.25, 0.3) is 0 Å².